The first-order chi connectivity index (χ1) is 8.15. The first-order valence-corrected chi connectivity index (χ1v) is 5.33. The van der Waals surface area contributed by atoms with Crippen molar-refractivity contribution in [3.05, 3.63) is 17.7 Å². The first-order valence-electron chi connectivity index (χ1n) is 5.33. The molecule has 0 atom stereocenters. The first kappa shape index (κ1) is 13.6. The molecule has 0 aliphatic rings. The second-order valence-electron chi connectivity index (χ2n) is 3.71. The van der Waals surface area contributed by atoms with Crippen molar-refractivity contribution in [1.29, 1.82) is 0 Å². The molecule has 5 nitrogen and oxygen atoms in total. The quantitative estimate of drug-likeness (QED) is 0.753. The Kier molecular flexibility index (Phi) is 5.06. The Morgan fingerprint density at radius 3 is 1.94 bits per heavy atom. The third kappa shape index (κ3) is 3.25. The second kappa shape index (κ2) is 6.32. The molecule has 0 amide bonds. The third-order valence-corrected chi connectivity index (χ3v) is 2.56. The van der Waals surface area contributed by atoms with Crippen molar-refractivity contribution in [2.75, 3.05) is 35.0 Å². The Balaban J connectivity index is 3.15. The van der Waals surface area contributed by atoms with Gasteiger partial charge in [0.15, 0.2) is 0 Å². The molecular weight excluding hydrogens is 220 g/mol. The van der Waals surface area contributed by atoms with Crippen LogP contribution in [0.25, 0.3) is 0 Å². The Bertz CT molecular complexity index is 344. The van der Waals surface area contributed by atoms with Crippen LogP contribution in [-0.2, 0) is 6.54 Å². The van der Waals surface area contributed by atoms with Gasteiger partial charge in [-0.3, -0.25) is 4.90 Å². The van der Waals surface area contributed by atoms with E-state index >= 15 is 0 Å². The Morgan fingerprint density at radius 2 is 1.59 bits per heavy atom. The molecule has 0 radical (unpaired) electrons. The smallest absolute Gasteiger partial charge is 0.130 e. The van der Waals surface area contributed by atoms with Crippen LogP contribution >= 0.6 is 0 Å². The molecule has 2 N–H and O–H groups in total. The molecule has 1 aromatic rings. The standard InChI is InChI=1S/C12H20N2O3/c1-14(8-13)7-10-11(16-3)5-9(15-2)6-12(10)17-4/h5-6H,7-8,13H2,1-4H3. The summed E-state index contributed by atoms with van der Waals surface area (Å²) in [6, 6.07) is 3.67. The average molecular weight is 240 g/mol. The van der Waals surface area contributed by atoms with E-state index in [0.29, 0.717) is 19.0 Å². The molecule has 0 bridgehead atoms. The van der Waals surface area contributed by atoms with Crippen molar-refractivity contribution in [2.45, 2.75) is 6.54 Å². The zero-order valence-electron chi connectivity index (χ0n) is 10.8. The van der Waals surface area contributed by atoms with Gasteiger partial charge in [0.05, 0.1) is 26.9 Å². The van der Waals surface area contributed by atoms with E-state index in [9.17, 15) is 0 Å². The molecule has 0 aromatic heterocycles. The molecule has 0 saturated heterocycles. The minimum Gasteiger partial charge on any atom is -0.496 e. The summed E-state index contributed by atoms with van der Waals surface area (Å²) in [4.78, 5) is 1.97. The Morgan fingerprint density at radius 1 is 1.06 bits per heavy atom. The van der Waals surface area contributed by atoms with Crippen molar-refractivity contribution in [3.8, 4) is 17.2 Å². The predicted octanol–water partition coefficient (Wildman–Crippen LogP) is 1.06. The lowest BCUT2D eigenvalue weighted by Crippen LogP contribution is -2.25. The van der Waals surface area contributed by atoms with E-state index in [2.05, 4.69) is 0 Å². The van der Waals surface area contributed by atoms with Gasteiger partial charge in [-0.05, 0) is 7.05 Å². The lowest BCUT2D eigenvalue weighted by Gasteiger charge is -2.19. The summed E-state index contributed by atoms with van der Waals surface area (Å²) in [7, 11) is 6.79. The molecule has 5 heteroatoms. The van der Waals surface area contributed by atoms with Crippen LogP contribution in [0.4, 0.5) is 0 Å². The van der Waals surface area contributed by atoms with Crippen LogP contribution < -0.4 is 19.9 Å². The number of hydrogen-bond acceptors (Lipinski definition) is 5. The fourth-order valence-corrected chi connectivity index (χ4v) is 1.57. The molecule has 0 heterocycles. The minimum atomic E-state index is 0.471. The van der Waals surface area contributed by atoms with E-state index in [1.807, 2.05) is 24.1 Å². The molecule has 0 fully saturated rings. The summed E-state index contributed by atoms with van der Waals surface area (Å²) >= 11 is 0. The van der Waals surface area contributed by atoms with E-state index in [1.165, 1.54) is 0 Å². The minimum absolute atomic E-state index is 0.471. The highest BCUT2D eigenvalue weighted by Crippen LogP contribution is 2.34. The number of nitrogens with zero attached hydrogens (tertiary/aromatic N) is 1. The van der Waals surface area contributed by atoms with E-state index in [-0.39, 0.29) is 0 Å². The molecule has 0 saturated carbocycles. The largest absolute Gasteiger partial charge is 0.496 e. The van der Waals surface area contributed by atoms with Gasteiger partial charge in [0, 0.05) is 25.3 Å². The number of methoxy groups -OCH3 is 3. The zero-order chi connectivity index (χ0) is 12.8. The molecule has 0 aliphatic carbocycles. The second-order valence-corrected chi connectivity index (χ2v) is 3.71. The lowest BCUT2D eigenvalue weighted by molar-refractivity contribution is 0.311. The third-order valence-electron chi connectivity index (χ3n) is 2.56. The van der Waals surface area contributed by atoms with Gasteiger partial charge in [0.25, 0.3) is 0 Å². The molecule has 17 heavy (non-hydrogen) atoms. The van der Waals surface area contributed by atoms with E-state index in [4.69, 9.17) is 19.9 Å². The number of hydrogen-bond donors (Lipinski definition) is 1. The van der Waals surface area contributed by atoms with Gasteiger partial charge in [0.1, 0.15) is 17.2 Å². The predicted molar refractivity (Wildman–Crippen MR) is 66.6 cm³/mol. The van der Waals surface area contributed by atoms with Gasteiger partial charge in [-0.15, -0.1) is 0 Å². The van der Waals surface area contributed by atoms with E-state index in [0.717, 1.165) is 17.1 Å². The molecule has 96 valence electrons. The molecule has 0 spiro atoms. The van der Waals surface area contributed by atoms with Crippen molar-refractivity contribution < 1.29 is 14.2 Å². The summed E-state index contributed by atoms with van der Waals surface area (Å²) in [5, 5.41) is 0. The summed E-state index contributed by atoms with van der Waals surface area (Å²) in [6.45, 7) is 1.13. The Labute approximate surface area is 102 Å². The number of ether oxygens (including phenoxy) is 3. The van der Waals surface area contributed by atoms with Gasteiger partial charge in [0.2, 0.25) is 0 Å². The highest BCUT2D eigenvalue weighted by molar-refractivity contribution is 5.50. The SMILES string of the molecule is COc1cc(OC)c(CN(C)CN)c(OC)c1. The number of benzene rings is 1. The van der Waals surface area contributed by atoms with E-state index in [1.54, 1.807) is 21.3 Å². The van der Waals surface area contributed by atoms with E-state index < -0.39 is 0 Å². The normalized spacial score (nSPS) is 10.5. The molecule has 0 aliphatic heterocycles. The van der Waals surface area contributed by atoms with Gasteiger partial charge in [-0.2, -0.15) is 0 Å². The van der Waals surface area contributed by atoms with Crippen LogP contribution in [0.5, 0.6) is 17.2 Å². The van der Waals surface area contributed by atoms with Gasteiger partial charge in [-0.1, -0.05) is 0 Å². The summed E-state index contributed by atoms with van der Waals surface area (Å²) in [6.07, 6.45) is 0. The number of rotatable bonds is 6. The fourth-order valence-electron chi connectivity index (χ4n) is 1.57. The van der Waals surface area contributed by atoms with Crippen LogP contribution in [0.1, 0.15) is 5.56 Å². The zero-order valence-corrected chi connectivity index (χ0v) is 10.8. The maximum Gasteiger partial charge on any atom is 0.130 e. The van der Waals surface area contributed by atoms with Crippen LogP contribution in [-0.4, -0.2) is 39.9 Å². The summed E-state index contributed by atoms with van der Waals surface area (Å²) in [5.41, 5.74) is 6.54. The number of nitrogens with two attached hydrogens (primary N) is 1. The summed E-state index contributed by atoms with van der Waals surface area (Å²) < 4.78 is 15.9. The van der Waals surface area contributed by atoms with Crippen LogP contribution in [0.15, 0.2) is 12.1 Å². The van der Waals surface area contributed by atoms with Crippen molar-refractivity contribution in [2.24, 2.45) is 5.73 Å². The van der Waals surface area contributed by atoms with Crippen molar-refractivity contribution in [3.63, 3.8) is 0 Å². The van der Waals surface area contributed by atoms with Crippen molar-refractivity contribution >= 4 is 0 Å². The van der Waals surface area contributed by atoms with Crippen LogP contribution in [0.3, 0.4) is 0 Å². The van der Waals surface area contributed by atoms with Crippen LogP contribution in [0, 0.1) is 0 Å². The molecule has 1 rings (SSSR count). The lowest BCUT2D eigenvalue weighted by atomic mass is 10.1. The highest BCUT2D eigenvalue weighted by Gasteiger charge is 2.14. The van der Waals surface area contributed by atoms with Crippen molar-refractivity contribution in [1.82, 2.24) is 4.90 Å². The molecule has 1 aromatic carbocycles. The fraction of sp³-hybridized carbons (Fsp3) is 0.500. The maximum absolute atomic E-state index is 5.58. The molecule has 0 unspecified atom stereocenters. The topological polar surface area (TPSA) is 57.0 Å². The molecular formula is C12H20N2O3. The Hall–Kier alpha value is -1.46. The highest BCUT2D eigenvalue weighted by atomic mass is 16.5. The average Bonchev–Trinajstić information content (AvgIpc) is 2.38. The van der Waals surface area contributed by atoms with Gasteiger partial charge in [-0.25, -0.2) is 0 Å². The van der Waals surface area contributed by atoms with Gasteiger partial charge < -0.3 is 19.9 Å². The maximum atomic E-state index is 5.58. The van der Waals surface area contributed by atoms with Crippen LogP contribution in [0.2, 0.25) is 0 Å². The summed E-state index contributed by atoms with van der Waals surface area (Å²) in [5.74, 6) is 2.18. The van der Waals surface area contributed by atoms with Gasteiger partial charge >= 0.3 is 0 Å². The monoisotopic (exact) mass is 240 g/mol.